The number of thioether (sulfide) groups is 1. The van der Waals surface area contributed by atoms with Crippen LogP contribution in [0.2, 0.25) is 0 Å². The molecule has 2 aliphatic rings. The number of esters is 1. The Kier molecular flexibility index (Phi) is 5.72. The Bertz CT molecular complexity index is 335. The lowest BCUT2D eigenvalue weighted by molar-refractivity contribution is -0.140. The van der Waals surface area contributed by atoms with Crippen LogP contribution in [0.3, 0.4) is 0 Å². The Morgan fingerprint density at radius 2 is 2.47 bits per heavy atom. The zero-order valence-corrected chi connectivity index (χ0v) is 12.7. The number of rotatable bonds is 3. The maximum absolute atomic E-state index is 11.5. The van der Waals surface area contributed by atoms with Gasteiger partial charge in [0.1, 0.15) is 5.25 Å². The van der Waals surface area contributed by atoms with E-state index in [9.17, 15) is 4.79 Å². The number of carbonyl (C=O) groups excluding carboxylic acids is 1. The molecule has 19 heavy (non-hydrogen) atoms. The van der Waals surface area contributed by atoms with E-state index in [4.69, 9.17) is 21.7 Å². The van der Waals surface area contributed by atoms with Crippen molar-refractivity contribution < 1.29 is 14.3 Å². The molecule has 0 amide bonds. The monoisotopic (exact) mass is 304 g/mol. The van der Waals surface area contributed by atoms with Gasteiger partial charge in [0.2, 0.25) is 0 Å². The average Bonchev–Trinajstić information content (AvgIpc) is 2.97. The summed E-state index contributed by atoms with van der Waals surface area (Å²) >= 11 is 7.01. The van der Waals surface area contributed by atoms with E-state index in [-0.39, 0.29) is 17.3 Å². The summed E-state index contributed by atoms with van der Waals surface area (Å²) < 4.78 is 10.3. The van der Waals surface area contributed by atoms with Gasteiger partial charge >= 0.3 is 5.97 Å². The molecule has 0 unspecified atom stereocenters. The van der Waals surface area contributed by atoms with E-state index < -0.39 is 0 Å². The molecule has 2 saturated heterocycles. The van der Waals surface area contributed by atoms with Crippen LogP contribution in [-0.4, -0.2) is 66.4 Å². The Balaban J connectivity index is 1.76. The summed E-state index contributed by atoms with van der Waals surface area (Å²) in [5.74, 6) is 0.721. The Morgan fingerprint density at radius 3 is 3.16 bits per heavy atom. The molecule has 0 spiro atoms. The number of hydrogen-bond acceptors (Lipinski definition) is 5. The molecule has 0 aliphatic carbocycles. The quantitative estimate of drug-likeness (QED) is 0.606. The van der Waals surface area contributed by atoms with Gasteiger partial charge in [0.05, 0.1) is 13.2 Å². The molecule has 108 valence electrons. The van der Waals surface area contributed by atoms with Crippen LogP contribution >= 0.6 is 24.0 Å². The third-order valence-corrected chi connectivity index (χ3v) is 4.89. The van der Waals surface area contributed by atoms with E-state index >= 15 is 0 Å². The van der Waals surface area contributed by atoms with Gasteiger partial charge in [-0.05, 0) is 25.1 Å². The minimum Gasteiger partial charge on any atom is -0.468 e. The highest BCUT2D eigenvalue weighted by molar-refractivity contribution is 8.00. The molecule has 0 saturated carbocycles. The minimum atomic E-state index is -0.170. The van der Waals surface area contributed by atoms with Crippen molar-refractivity contribution in [1.29, 1.82) is 0 Å². The first-order valence-electron chi connectivity index (χ1n) is 6.54. The SMILES string of the molecule is COC(=O)[C@@H]1CN(C(=S)NC[C@H]2CCCO2)CCS1. The second kappa shape index (κ2) is 7.31. The van der Waals surface area contributed by atoms with Gasteiger partial charge in [-0.2, -0.15) is 0 Å². The van der Waals surface area contributed by atoms with E-state index in [0.29, 0.717) is 11.7 Å². The van der Waals surface area contributed by atoms with Gasteiger partial charge in [-0.3, -0.25) is 4.79 Å². The molecule has 2 heterocycles. The lowest BCUT2D eigenvalue weighted by atomic mass is 10.2. The molecule has 2 fully saturated rings. The largest absolute Gasteiger partial charge is 0.468 e. The van der Waals surface area contributed by atoms with Gasteiger partial charge < -0.3 is 19.7 Å². The van der Waals surface area contributed by atoms with Gasteiger partial charge in [-0.15, -0.1) is 11.8 Å². The van der Waals surface area contributed by atoms with Crippen LogP contribution < -0.4 is 5.32 Å². The molecule has 2 rings (SSSR count). The number of methoxy groups -OCH3 is 1. The predicted molar refractivity (Wildman–Crippen MR) is 79.4 cm³/mol. The molecule has 2 atom stereocenters. The van der Waals surface area contributed by atoms with Gasteiger partial charge in [0.15, 0.2) is 5.11 Å². The smallest absolute Gasteiger partial charge is 0.320 e. The van der Waals surface area contributed by atoms with Crippen molar-refractivity contribution in [1.82, 2.24) is 10.2 Å². The van der Waals surface area contributed by atoms with E-state index in [2.05, 4.69) is 5.32 Å². The molecular formula is C12H20N2O3S2. The van der Waals surface area contributed by atoms with Crippen LogP contribution in [0, 0.1) is 0 Å². The predicted octanol–water partition coefficient (Wildman–Crippen LogP) is 0.630. The van der Waals surface area contributed by atoms with Crippen molar-refractivity contribution in [3.8, 4) is 0 Å². The van der Waals surface area contributed by atoms with E-state index in [1.165, 1.54) is 7.11 Å². The van der Waals surface area contributed by atoms with Crippen molar-refractivity contribution in [3.05, 3.63) is 0 Å². The molecule has 0 radical (unpaired) electrons. The van der Waals surface area contributed by atoms with Gasteiger partial charge in [-0.25, -0.2) is 0 Å². The topological polar surface area (TPSA) is 50.8 Å². The first kappa shape index (κ1) is 14.9. The highest BCUT2D eigenvalue weighted by Gasteiger charge is 2.28. The molecule has 7 heteroatoms. The summed E-state index contributed by atoms with van der Waals surface area (Å²) in [6.45, 7) is 3.10. The van der Waals surface area contributed by atoms with E-state index in [1.807, 2.05) is 4.90 Å². The standard InChI is InChI=1S/C12H20N2O3S2/c1-16-11(15)10-8-14(4-6-19-10)12(18)13-7-9-3-2-5-17-9/h9-10H,2-8H2,1H3,(H,13,18)/t9-,10+/m1/s1. The highest BCUT2D eigenvalue weighted by Crippen LogP contribution is 2.20. The molecule has 2 aliphatic heterocycles. The second-order valence-corrected chi connectivity index (χ2v) is 6.35. The minimum absolute atomic E-state index is 0.138. The lowest BCUT2D eigenvalue weighted by Gasteiger charge is -2.33. The summed E-state index contributed by atoms with van der Waals surface area (Å²) in [6, 6.07) is 0. The fourth-order valence-corrected chi connectivity index (χ4v) is 3.60. The summed E-state index contributed by atoms with van der Waals surface area (Å²) in [4.78, 5) is 13.6. The molecule has 0 bridgehead atoms. The number of carbonyl (C=O) groups is 1. The average molecular weight is 304 g/mol. The maximum atomic E-state index is 11.5. The fraction of sp³-hybridized carbons (Fsp3) is 0.833. The van der Waals surface area contributed by atoms with Crippen LogP contribution in [0.5, 0.6) is 0 Å². The first-order chi connectivity index (χ1) is 9.20. The summed E-state index contributed by atoms with van der Waals surface area (Å²) in [6.07, 6.45) is 2.49. The first-order valence-corrected chi connectivity index (χ1v) is 8.00. The van der Waals surface area contributed by atoms with E-state index in [0.717, 1.165) is 38.3 Å². The third kappa shape index (κ3) is 4.22. The molecule has 5 nitrogen and oxygen atoms in total. The fourth-order valence-electron chi connectivity index (χ4n) is 2.23. The summed E-state index contributed by atoms with van der Waals surface area (Å²) in [7, 11) is 1.43. The van der Waals surface area contributed by atoms with Crippen molar-refractivity contribution in [2.24, 2.45) is 0 Å². The lowest BCUT2D eigenvalue weighted by Crippen LogP contribution is -2.50. The molecule has 0 aromatic rings. The van der Waals surface area contributed by atoms with Gasteiger partial charge in [0.25, 0.3) is 0 Å². The molecular weight excluding hydrogens is 284 g/mol. The van der Waals surface area contributed by atoms with Crippen LogP contribution in [0.1, 0.15) is 12.8 Å². The number of nitrogens with zero attached hydrogens (tertiary/aromatic N) is 1. The van der Waals surface area contributed by atoms with Crippen LogP contribution in [0.4, 0.5) is 0 Å². The van der Waals surface area contributed by atoms with Crippen molar-refractivity contribution in [2.75, 3.05) is 39.1 Å². The van der Waals surface area contributed by atoms with Gasteiger partial charge in [-0.1, -0.05) is 0 Å². The normalized spacial score (nSPS) is 27.1. The van der Waals surface area contributed by atoms with E-state index in [1.54, 1.807) is 11.8 Å². The summed E-state index contributed by atoms with van der Waals surface area (Å²) in [5, 5.41) is 3.82. The van der Waals surface area contributed by atoms with Crippen LogP contribution in [0.15, 0.2) is 0 Å². The van der Waals surface area contributed by atoms with Crippen molar-refractivity contribution >= 4 is 35.1 Å². The zero-order chi connectivity index (χ0) is 13.7. The van der Waals surface area contributed by atoms with Crippen molar-refractivity contribution in [2.45, 2.75) is 24.2 Å². The van der Waals surface area contributed by atoms with Crippen LogP contribution in [0.25, 0.3) is 0 Å². The highest BCUT2D eigenvalue weighted by atomic mass is 32.2. The summed E-state index contributed by atoms with van der Waals surface area (Å²) in [5.41, 5.74) is 0. The number of ether oxygens (including phenoxy) is 2. The number of hydrogen-bond donors (Lipinski definition) is 1. The Labute approximate surface area is 123 Å². The van der Waals surface area contributed by atoms with Crippen molar-refractivity contribution in [3.63, 3.8) is 0 Å². The molecule has 0 aromatic carbocycles. The zero-order valence-electron chi connectivity index (χ0n) is 11.1. The number of nitrogens with one attached hydrogen (secondary N) is 1. The maximum Gasteiger partial charge on any atom is 0.320 e. The van der Waals surface area contributed by atoms with Crippen LogP contribution in [-0.2, 0) is 14.3 Å². The Hall–Kier alpha value is -0.530. The molecule has 0 aromatic heterocycles. The third-order valence-electron chi connectivity index (χ3n) is 3.32. The second-order valence-electron chi connectivity index (χ2n) is 4.65. The number of thiocarbonyl (C=S) groups is 1. The molecule has 1 N–H and O–H groups in total. The Morgan fingerprint density at radius 1 is 1.63 bits per heavy atom. The van der Waals surface area contributed by atoms with Gasteiger partial charge in [0, 0.05) is 32.0 Å².